The molecule has 28 heavy (non-hydrogen) atoms. The maximum absolute atomic E-state index is 5.13. The summed E-state index contributed by atoms with van der Waals surface area (Å²) in [7, 11) is -0.676. The summed E-state index contributed by atoms with van der Waals surface area (Å²) in [6, 6.07) is 36.5. The second-order valence-corrected chi connectivity index (χ2v) is 9.03. The van der Waals surface area contributed by atoms with Crippen LogP contribution in [0.3, 0.4) is 0 Å². The summed E-state index contributed by atoms with van der Waals surface area (Å²) in [5.74, 6) is 0. The molecule has 4 aromatic rings. The Labute approximate surface area is 168 Å². The van der Waals surface area contributed by atoms with Crippen LogP contribution in [0.2, 0.25) is 0 Å². The van der Waals surface area contributed by atoms with Crippen LogP contribution in [-0.4, -0.2) is 0 Å². The first kappa shape index (κ1) is 18.5. The molecule has 0 heterocycles. The van der Waals surface area contributed by atoms with Gasteiger partial charge in [0, 0.05) is 0 Å². The van der Waals surface area contributed by atoms with Crippen LogP contribution >= 0.6 is 7.92 Å². The standard InChI is InChI=1S/C26H23NP/c1-20-12-11-13-21(2)26(20)27-24-18-9-10-19-25(24)28(22-14-5-3-6-15-22)23-16-7-4-8-17-23/h3-19H,1-2H3/q-1. The molecule has 0 bridgehead atoms. The van der Waals surface area contributed by atoms with Gasteiger partial charge in [0.15, 0.2) is 0 Å². The van der Waals surface area contributed by atoms with Crippen molar-refractivity contribution in [1.29, 1.82) is 0 Å². The van der Waals surface area contributed by atoms with Crippen LogP contribution < -0.4 is 15.9 Å². The molecule has 1 nitrogen and oxygen atoms in total. The third-order valence-corrected chi connectivity index (χ3v) is 7.31. The number of rotatable bonds is 5. The van der Waals surface area contributed by atoms with Gasteiger partial charge < -0.3 is 5.32 Å². The molecule has 0 N–H and O–H groups in total. The molecule has 0 aliphatic heterocycles. The zero-order chi connectivity index (χ0) is 19.3. The maximum Gasteiger partial charge on any atom is -0.0147 e. The molecular weight excluding hydrogens is 357 g/mol. The van der Waals surface area contributed by atoms with Crippen molar-refractivity contribution >= 4 is 35.2 Å². The van der Waals surface area contributed by atoms with Gasteiger partial charge in [0.25, 0.3) is 0 Å². The monoisotopic (exact) mass is 380 g/mol. The van der Waals surface area contributed by atoms with E-state index in [1.54, 1.807) is 0 Å². The molecule has 0 aliphatic carbocycles. The van der Waals surface area contributed by atoms with Gasteiger partial charge in [-0.05, 0) is 37.7 Å². The van der Waals surface area contributed by atoms with Crippen LogP contribution in [0.1, 0.15) is 11.1 Å². The zero-order valence-corrected chi connectivity index (χ0v) is 17.1. The largest absolute Gasteiger partial charge is 0.657 e. The molecule has 0 saturated carbocycles. The number of hydrogen-bond acceptors (Lipinski definition) is 0. The summed E-state index contributed by atoms with van der Waals surface area (Å²) in [6.45, 7) is 4.26. The lowest BCUT2D eigenvalue weighted by atomic mass is 10.1. The topological polar surface area (TPSA) is 14.1 Å². The van der Waals surface area contributed by atoms with Crippen molar-refractivity contribution in [2.45, 2.75) is 13.8 Å². The molecule has 0 saturated heterocycles. The average Bonchev–Trinajstić information content (AvgIpc) is 2.74. The van der Waals surface area contributed by atoms with Crippen LogP contribution in [0.15, 0.2) is 103 Å². The second kappa shape index (κ2) is 8.42. The minimum atomic E-state index is -0.676. The summed E-state index contributed by atoms with van der Waals surface area (Å²) in [6.07, 6.45) is 0. The van der Waals surface area contributed by atoms with Gasteiger partial charge in [-0.1, -0.05) is 114 Å². The van der Waals surface area contributed by atoms with Crippen LogP contribution in [0, 0.1) is 13.8 Å². The van der Waals surface area contributed by atoms with Crippen molar-refractivity contribution in [2.75, 3.05) is 0 Å². The Bertz CT molecular complexity index is 998. The smallest absolute Gasteiger partial charge is 0.0147 e. The molecular formula is C26H23NP-. The molecule has 0 radical (unpaired) electrons. The summed E-state index contributed by atoms with van der Waals surface area (Å²) in [5.41, 5.74) is 4.54. The number of benzene rings is 4. The highest BCUT2D eigenvalue weighted by molar-refractivity contribution is 7.80. The van der Waals surface area contributed by atoms with E-state index in [1.165, 1.54) is 27.0 Å². The third kappa shape index (κ3) is 3.86. The SMILES string of the molecule is Cc1cccc(C)c1[N-]c1ccccc1P(c1ccccc1)c1ccccc1. The number of para-hydroxylation sites is 2. The van der Waals surface area contributed by atoms with Gasteiger partial charge in [-0.15, -0.1) is 11.4 Å². The Hall–Kier alpha value is -2.89. The molecule has 0 atom stereocenters. The van der Waals surface area contributed by atoms with Crippen molar-refractivity contribution in [2.24, 2.45) is 0 Å². The molecule has 138 valence electrons. The highest BCUT2D eigenvalue weighted by Crippen LogP contribution is 2.41. The fourth-order valence-electron chi connectivity index (χ4n) is 3.43. The summed E-state index contributed by atoms with van der Waals surface area (Å²) < 4.78 is 0. The first-order chi connectivity index (χ1) is 13.7. The molecule has 4 rings (SSSR count). The van der Waals surface area contributed by atoms with E-state index in [-0.39, 0.29) is 0 Å². The van der Waals surface area contributed by atoms with E-state index in [9.17, 15) is 0 Å². The maximum atomic E-state index is 5.13. The van der Waals surface area contributed by atoms with E-state index >= 15 is 0 Å². The van der Waals surface area contributed by atoms with Crippen molar-refractivity contribution in [3.63, 3.8) is 0 Å². The van der Waals surface area contributed by atoms with Crippen LogP contribution in [0.25, 0.3) is 5.32 Å². The highest BCUT2D eigenvalue weighted by atomic mass is 31.1. The lowest BCUT2D eigenvalue weighted by Crippen LogP contribution is -2.20. The molecule has 2 heteroatoms. The van der Waals surface area contributed by atoms with Gasteiger partial charge in [-0.3, -0.25) is 0 Å². The first-order valence-corrected chi connectivity index (χ1v) is 10.9. The summed E-state index contributed by atoms with van der Waals surface area (Å²) in [4.78, 5) is 0. The number of aryl methyl sites for hydroxylation is 2. The van der Waals surface area contributed by atoms with E-state index in [0.29, 0.717) is 0 Å². The minimum absolute atomic E-state index is 0.676. The van der Waals surface area contributed by atoms with E-state index < -0.39 is 7.92 Å². The molecule has 0 amide bonds. The Kier molecular flexibility index (Phi) is 5.55. The van der Waals surface area contributed by atoms with E-state index in [4.69, 9.17) is 5.32 Å². The van der Waals surface area contributed by atoms with Crippen molar-refractivity contribution < 1.29 is 0 Å². The predicted octanol–water partition coefficient (Wildman–Crippen LogP) is 6.40. The van der Waals surface area contributed by atoms with Crippen molar-refractivity contribution in [3.05, 3.63) is 120 Å². The number of hydrogen-bond donors (Lipinski definition) is 0. The van der Waals surface area contributed by atoms with Crippen molar-refractivity contribution in [1.82, 2.24) is 0 Å². The molecule has 0 aromatic heterocycles. The Morgan fingerprint density at radius 1 is 0.536 bits per heavy atom. The van der Waals surface area contributed by atoms with E-state index in [1.807, 2.05) is 0 Å². The van der Waals surface area contributed by atoms with Crippen LogP contribution in [0.5, 0.6) is 0 Å². The van der Waals surface area contributed by atoms with Crippen LogP contribution in [-0.2, 0) is 0 Å². The van der Waals surface area contributed by atoms with Gasteiger partial charge in [0.2, 0.25) is 0 Å². The summed E-state index contributed by atoms with van der Waals surface area (Å²) >= 11 is 0. The van der Waals surface area contributed by atoms with Gasteiger partial charge in [-0.25, -0.2) is 0 Å². The quantitative estimate of drug-likeness (QED) is 0.356. The van der Waals surface area contributed by atoms with Gasteiger partial charge in [0.05, 0.1) is 0 Å². The zero-order valence-electron chi connectivity index (χ0n) is 16.2. The average molecular weight is 380 g/mol. The second-order valence-electron chi connectivity index (χ2n) is 6.85. The minimum Gasteiger partial charge on any atom is -0.657 e. The fraction of sp³-hybridized carbons (Fsp3) is 0.0769. The molecule has 4 aromatic carbocycles. The Morgan fingerprint density at radius 3 is 1.61 bits per heavy atom. The molecule has 0 spiro atoms. The normalized spacial score (nSPS) is 10.8. The Balaban J connectivity index is 1.85. The Morgan fingerprint density at radius 2 is 1.04 bits per heavy atom. The van der Waals surface area contributed by atoms with E-state index in [2.05, 4.69) is 117 Å². The lowest BCUT2D eigenvalue weighted by molar-refractivity contribution is 1.39. The lowest BCUT2D eigenvalue weighted by Gasteiger charge is -2.32. The fourth-order valence-corrected chi connectivity index (χ4v) is 5.82. The van der Waals surface area contributed by atoms with E-state index in [0.717, 1.165) is 11.4 Å². The molecule has 0 aliphatic rings. The van der Waals surface area contributed by atoms with Crippen LogP contribution in [0.4, 0.5) is 11.4 Å². The highest BCUT2D eigenvalue weighted by Gasteiger charge is 2.16. The molecule has 0 unspecified atom stereocenters. The van der Waals surface area contributed by atoms with Crippen molar-refractivity contribution in [3.8, 4) is 0 Å². The van der Waals surface area contributed by atoms with Gasteiger partial charge in [0.1, 0.15) is 0 Å². The summed E-state index contributed by atoms with van der Waals surface area (Å²) in [5, 5.41) is 9.10. The predicted molar refractivity (Wildman–Crippen MR) is 124 cm³/mol. The number of nitrogens with zero attached hydrogens (tertiary/aromatic N) is 1. The first-order valence-electron chi connectivity index (χ1n) is 9.51. The third-order valence-electron chi connectivity index (χ3n) is 4.82. The molecule has 0 fully saturated rings. The van der Waals surface area contributed by atoms with Gasteiger partial charge in [-0.2, -0.15) is 0 Å². The van der Waals surface area contributed by atoms with Gasteiger partial charge >= 0.3 is 0 Å².